The van der Waals surface area contributed by atoms with Crippen molar-refractivity contribution in [1.82, 2.24) is 4.90 Å². The van der Waals surface area contributed by atoms with E-state index in [4.69, 9.17) is 0 Å². The molecule has 0 bridgehead atoms. The molecule has 0 unspecified atom stereocenters. The molecule has 2 fully saturated rings. The van der Waals surface area contributed by atoms with E-state index in [-0.39, 0.29) is 35.8 Å². The maximum absolute atomic E-state index is 13.0. The SMILES string of the molecule is Cc1ccc(N(CC(=O)N2CCCCC2)C(=O)CCS(=O)(=O)C2CCCC2)cc1. The van der Waals surface area contributed by atoms with Crippen LogP contribution >= 0.6 is 0 Å². The minimum atomic E-state index is -3.27. The van der Waals surface area contributed by atoms with Crippen LogP contribution in [0.5, 0.6) is 0 Å². The molecule has 2 amide bonds. The second-order valence-corrected chi connectivity index (χ2v) is 10.7. The van der Waals surface area contributed by atoms with Crippen molar-refractivity contribution in [3.8, 4) is 0 Å². The van der Waals surface area contributed by atoms with Crippen LogP contribution in [0.2, 0.25) is 0 Å². The summed E-state index contributed by atoms with van der Waals surface area (Å²) in [6.45, 7) is 3.38. The van der Waals surface area contributed by atoms with E-state index >= 15 is 0 Å². The molecule has 1 saturated heterocycles. The van der Waals surface area contributed by atoms with Gasteiger partial charge in [-0.2, -0.15) is 0 Å². The fourth-order valence-electron chi connectivity index (χ4n) is 4.21. The first kappa shape index (κ1) is 21.8. The zero-order chi connectivity index (χ0) is 20.9. The highest BCUT2D eigenvalue weighted by Gasteiger charge is 2.30. The summed E-state index contributed by atoms with van der Waals surface area (Å²) in [5, 5.41) is -0.307. The molecule has 29 heavy (non-hydrogen) atoms. The summed E-state index contributed by atoms with van der Waals surface area (Å²) < 4.78 is 25.1. The molecule has 3 rings (SSSR count). The number of sulfone groups is 1. The Labute approximate surface area is 174 Å². The molecule has 0 radical (unpaired) electrons. The second-order valence-electron chi connectivity index (χ2n) is 8.28. The van der Waals surface area contributed by atoms with Gasteiger partial charge in [0.2, 0.25) is 11.8 Å². The number of amides is 2. The van der Waals surface area contributed by atoms with E-state index in [1.807, 2.05) is 36.1 Å². The van der Waals surface area contributed by atoms with E-state index in [9.17, 15) is 18.0 Å². The predicted octanol–water partition coefficient (Wildman–Crippen LogP) is 3.09. The molecular weight excluding hydrogens is 388 g/mol. The molecule has 6 nitrogen and oxygen atoms in total. The highest BCUT2D eigenvalue weighted by atomic mass is 32.2. The largest absolute Gasteiger partial charge is 0.341 e. The minimum Gasteiger partial charge on any atom is -0.341 e. The van der Waals surface area contributed by atoms with E-state index in [2.05, 4.69) is 0 Å². The zero-order valence-electron chi connectivity index (χ0n) is 17.3. The second kappa shape index (κ2) is 9.74. The number of benzene rings is 1. The Morgan fingerprint density at radius 3 is 2.24 bits per heavy atom. The van der Waals surface area contributed by atoms with Crippen molar-refractivity contribution in [2.75, 3.05) is 30.3 Å². The van der Waals surface area contributed by atoms with Crippen molar-refractivity contribution in [3.63, 3.8) is 0 Å². The van der Waals surface area contributed by atoms with E-state index in [0.717, 1.165) is 50.8 Å². The number of hydrogen-bond donors (Lipinski definition) is 0. The molecule has 0 spiro atoms. The number of piperidine rings is 1. The normalized spacial score (nSPS) is 18.0. The first-order valence-corrected chi connectivity index (χ1v) is 12.4. The summed E-state index contributed by atoms with van der Waals surface area (Å²) in [5.74, 6) is -0.519. The summed E-state index contributed by atoms with van der Waals surface area (Å²) in [4.78, 5) is 29.0. The lowest BCUT2D eigenvalue weighted by atomic mass is 10.1. The number of aryl methyl sites for hydroxylation is 1. The standard InChI is InChI=1S/C22H32N2O4S/c1-18-9-11-19(12-10-18)24(17-22(26)23-14-5-2-6-15-23)21(25)13-16-29(27,28)20-7-3-4-8-20/h9-12,20H,2-8,13-17H2,1H3. The van der Waals surface area contributed by atoms with E-state index in [1.165, 1.54) is 4.90 Å². The molecule has 0 N–H and O–H groups in total. The Kier molecular flexibility index (Phi) is 7.33. The number of anilines is 1. The number of nitrogens with zero attached hydrogens (tertiary/aromatic N) is 2. The average Bonchev–Trinajstić information content (AvgIpc) is 3.27. The van der Waals surface area contributed by atoms with E-state index < -0.39 is 9.84 Å². The summed E-state index contributed by atoms with van der Waals surface area (Å²) >= 11 is 0. The smallest absolute Gasteiger partial charge is 0.242 e. The van der Waals surface area contributed by atoms with Crippen molar-refractivity contribution in [1.29, 1.82) is 0 Å². The van der Waals surface area contributed by atoms with Crippen molar-refractivity contribution in [2.45, 2.75) is 63.5 Å². The van der Waals surface area contributed by atoms with Gasteiger partial charge in [0.05, 0.1) is 11.0 Å². The third-order valence-electron chi connectivity index (χ3n) is 6.06. The predicted molar refractivity (Wildman–Crippen MR) is 115 cm³/mol. The van der Waals surface area contributed by atoms with Crippen LogP contribution in [0.25, 0.3) is 0 Å². The van der Waals surface area contributed by atoms with Gasteiger partial charge >= 0.3 is 0 Å². The third kappa shape index (κ3) is 5.81. The molecule has 1 aliphatic heterocycles. The van der Waals surface area contributed by atoms with Crippen molar-refractivity contribution in [2.24, 2.45) is 0 Å². The van der Waals surface area contributed by atoms with Gasteiger partial charge in [0.15, 0.2) is 9.84 Å². The van der Waals surface area contributed by atoms with Gasteiger partial charge in [0.25, 0.3) is 0 Å². The number of carbonyl (C=O) groups excluding carboxylic acids is 2. The van der Waals surface area contributed by atoms with Crippen molar-refractivity contribution >= 4 is 27.3 Å². The summed E-state index contributed by atoms with van der Waals surface area (Å²) in [5.41, 5.74) is 1.71. The maximum atomic E-state index is 13.0. The molecule has 160 valence electrons. The molecule has 0 aromatic heterocycles. The minimum absolute atomic E-state index is 0.0363. The fraction of sp³-hybridized carbons (Fsp3) is 0.636. The third-order valence-corrected chi connectivity index (χ3v) is 8.32. The van der Waals surface area contributed by atoms with Gasteiger partial charge in [-0.15, -0.1) is 0 Å². The number of rotatable bonds is 7. The Morgan fingerprint density at radius 2 is 1.62 bits per heavy atom. The Balaban J connectivity index is 1.70. The number of likely N-dealkylation sites (tertiary alicyclic amines) is 1. The zero-order valence-corrected chi connectivity index (χ0v) is 18.1. The van der Waals surface area contributed by atoms with Crippen LogP contribution in [0.4, 0.5) is 5.69 Å². The van der Waals surface area contributed by atoms with Crippen LogP contribution in [0.15, 0.2) is 24.3 Å². The van der Waals surface area contributed by atoms with Gasteiger partial charge in [0, 0.05) is 25.2 Å². The van der Waals surface area contributed by atoms with Crippen molar-refractivity contribution in [3.05, 3.63) is 29.8 Å². The first-order chi connectivity index (χ1) is 13.9. The first-order valence-electron chi connectivity index (χ1n) is 10.7. The molecule has 1 heterocycles. The van der Waals surface area contributed by atoms with Crippen LogP contribution in [0.1, 0.15) is 56.9 Å². The van der Waals surface area contributed by atoms with Gasteiger partial charge < -0.3 is 9.80 Å². The highest BCUT2D eigenvalue weighted by molar-refractivity contribution is 7.92. The number of carbonyl (C=O) groups is 2. The Bertz CT molecular complexity index is 808. The lowest BCUT2D eigenvalue weighted by Gasteiger charge is -2.30. The molecule has 2 aliphatic rings. The van der Waals surface area contributed by atoms with Gasteiger partial charge in [-0.1, -0.05) is 30.5 Å². The summed E-state index contributed by atoms with van der Waals surface area (Å²) in [6, 6.07) is 7.44. The van der Waals surface area contributed by atoms with Gasteiger partial charge in [-0.25, -0.2) is 8.42 Å². The lowest BCUT2D eigenvalue weighted by Crippen LogP contribution is -2.45. The molecule has 1 aromatic carbocycles. The summed E-state index contributed by atoms with van der Waals surface area (Å²) in [7, 11) is -3.27. The maximum Gasteiger partial charge on any atom is 0.242 e. The molecule has 1 saturated carbocycles. The quantitative estimate of drug-likeness (QED) is 0.679. The van der Waals surface area contributed by atoms with E-state index in [0.29, 0.717) is 18.5 Å². The Morgan fingerprint density at radius 1 is 1.00 bits per heavy atom. The molecule has 1 aromatic rings. The van der Waals surface area contributed by atoms with Gasteiger partial charge in [-0.05, 0) is 51.2 Å². The topological polar surface area (TPSA) is 74.8 Å². The Hall–Kier alpha value is -1.89. The number of hydrogen-bond acceptors (Lipinski definition) is 4. The lowest BCUT2D eigenvalue weighted by molar-refractivity contribution is -0.132. The van der Waals surface area contributed by atoms with E-state index in [1.54, 1.807) is 0 Å². The molecular formula is C22H32N2O4S. The van der Waals surface area contributed by atoms with Crippen LogP contribution in [0, 0.1) is 6.92 Å². The average molecular weight is 421 g/mol. The van der Waals surface area contributed by atoms with Crippen LogP contribution in [-0.4, -0.2) is 55.8 Å². The van der Waals surface area contributed by atoms with Gasteiger partial charge in [-0.3, -0.25) is 9.59 Å². The molecule has 7 heteroatoms. The highest BCUT2D eigenvalue weighted by Crippen LogP contribution is 2.26. The van der Waals surface area contributed by atoms with Crippen LogP contribution < -0.4 is 4.90 Å². The summed E-state index contributed by atoms with van der Waals surface area (Å²) in [6.07, 6.45) is 6.31. The molecule has 0 atom stereocenters. The van der Waals surface area contributed by atoms with Crippen LogP contribution in [0.3, 0.4) is 0 Å². The van der Waals surface area contributed by atoms with Crippen molar-refractivity contribution < 1.29 is 18.0 Å². The van der Waals surface area contributed by atoms with Crippen LogP contribution in [-0.2, 0) is 19.4 Å². The van der Waals surface area contributed by atoms with Gasteiger partial charge in [0.1, 0.15) is 6.54 Å². The monoisotopic (exact) mass is 420 g/mol. The fourth-order valence-corrected chi connectivity index (χ4v) is 6.05. The molecule has 1 aliphatic carbocycles.